The lowest BCUT2D eigenvalue weighted by Crippen LogP contribution is -2.09. The molecule has 1 aromatic heterocycles. The third-order valence-corrected chi connectivity index (χ3v) is 3.00. The van der Waals surface area contributed by atoms with Crippen molar-refractivity contribution in [3.63, 3.8) is 0 Å². The van der Waals surface area contributed by atoms with Crippen molar-refractivity contribution in [3.05, 3.63) is 52.1 Å². The maximum absolute atomic E-state index is 13.7. The lowest BCUT2D eigenvalue weighted by Gasteiger charge is -2.04. The molecule has 4 nitrogen and oxygen atoms in total. The van der Waals surface area contributed by atoms with Crippen LogP contribution in [-0.2, 0) is 11.3 Å². The minimum Gasteiger partial charge on any atom is -0.461 e. The second-order valence-corrected chi connectivity index (χ2v) is 4.75. The molecule has 20 heavy (non-hydrogen) atoms. The number of halogens is 2. The van der Waals surface area contributed by atoms with Crippen molar-refractivity contribution >= 4 is 17.6 Å². The molecule has 0 fully saturated rings. The molecule has 0 bridgehead atoms. The second-order valence-electron chi connectivity index (χ2n) is 4.31. The van der Waals surface area contributed by atoms with E-state index in [0.717, 1.165) is 0 Å². The highest BCUT2D eigenvalue weighted by Crippen LogP contribution is 2.16. The third-order valence-electron chi connectivity index (χ3n) is 2.76. The van der Waals surface area contributed by atoms with E-state index in [-0.39, 0.29) is 18.8 Å². The van der Waals surface area contributed by atoms with E-state index in [1.54, 1.807) is 32.2 Å². The quantitative estimate of drug-likeness (QED) is 0.814. The predicted octanol–water partition coefficient (Wildman–Crippen LogP) is 3.21. The first kappa shape index (κ1) is 14.5. The first-order valence-corrected chi connectivity index (χ1v) is 6.54. The molecule has 1 aromatic carbocycles. The van der Waals surface area contributed by atoms with Gasteiger partial charge in [-0.2, -0.15) is 5.10 Å². The van der Waals surface area contributed by atoms with Crippen molar-refractivity contribution in [2.24, 2.45) is 0 Å². The van der Waals surface area contributed by atoms with E-state index in [9.17, 15) is 9.18 Å². The highest BCUT2D eigenvalue weighted by Gasteiger charge is 2.15. The normalized spacial score (nSPS) is 10.6. The Kier molecular flexibility index (Phi) is 4.39. The van der Waals surface area contributed by atoms with E-state index in [4.69, 9.17) is 16.3 Å². The Morgan fingerprint density at radius 1 is 1.50 bits per heavy atom. The molecule has 2 rings (SSSR count). The second kappa shape index (κ2) is 6.05. The van der Waals surface area contributed by atoms with Crippen molar-refractivity contribution in [1.29, 1.82) is 0 Å². The molecular weight excluding hydrogens is 283 g/mol. The Balaban J connectivity index is 2.22. The van der Waals surface area contributed by atoms with Crippen molar-refractivity contribution in [1.82, 2.24) is 9.78 Å². The van der Waals surface area contributed by atoms with Crippen LogP contribution < -0.4 is 0 Å². The van der Waals surface area contributed by atoms with E-state index < -0.39 is 11.8 Å². The molecule has 0 spiro atoms. The van der Waals surface area contributed by atoms with Gasteiger partial charge in [-0.3, -0.25) is 4.68 Å². The van der Waals surface area contributed by atoms with Gasteiger partial charge in [-0.25, -0.2) is 9.18 Å². The summed E-state index contributed by atoms with van der Waals surface area (Å²) in [6.07, 6.45) is 1.68. The van der Waals surface area contributed by atoms with Gasteiger partial charge in [0.05, 0.1) is 13.2 Å². The zero-order chi connectivity index (χ0) is 14.7. The fourth-order valence-electron chi connectivity index (χ4n) is 1.83. The monoisotopic (exact) mass is 296 g/mol. The Labute approximate surface area is 121 Å². The summed E-state index contributed by atoms with van der Waals surface area (Å²) >= 11 is 5.70. The predicted molar refractivity (Wildman–Crippen MR) is 73.4 cm³/mol. The minimum atomic E-state index is -0.472. The summed E-state index contributed by atoms with van der Waals surface area (Å²) in [5.74, 6) is -0.872. The minimum absolute atomic E-state index is 0.225. The van der Waals surface area contributed by atoms with Crippen LogP contribution in [0.2, 0.25) is 5.02 Å². The number of esters is 1. The van der Waals surface area contributed by atoms with Crippen LogP contribution in [0.15, 0.2) is 24.4 Å². The number of aryl methyl sites for hydroxylation is 1. The van der Waals surface area contributed by atoms with Gasteiger partial charge in [0.2, 0.25) is 0 Å². The summed E-state index contributed by atoms with van der Waals surface area (Å²) in [5.41, 5.74) is 1.39. The van der Waals surface area contributed by atoms with Crippen LogP contribution in [0, 0.1) is 12.7 Å². The lowest BCUT2D eigenvalue weighted by atomic mass is 10.2. The lowest BCUT2D eigenvalue weighted by molar-refractivity contribution is 0.0517. The van der Waals surface area contributed by atoms with E-state index >= 15 is 0 Å². The van der Waals surface area contributed by atoms with Crippen LogP contribution in [0.1, 0.15) is 28.5 Å². The highest BCUT2D eigenvalue weighted by molar-refractivity contribution is 6.30. The molecule has 0 amide bonds. The molecule has 0 saturated carbocycles. The van der Waals surface area contributed by atoms with Crippen LogP contribution in [0.3, 0.4) is 0 Å². The molecular formula is C14H14ClFN2O2. The number of carbonyl (C=O) groups is 1. The van der Waals surface area contributed by atoms with Crippen LogP contribution in [0.25, 0.3) is 0 Å². The fourth-order valence-corrected chi connectivity index (χ4v) is 1.99. The highest BCUT2D eigenvalue weighted by atomic mass is 35.5. The van der Waals surface area contributed by atoms with E-state index in [1.165, 1.54) is 10.7 Å². The average Bonchev–Trinajstić information content (AvgIpc) is 2.74. The van der Waals surface area contributed by atoms with Gasteiger partial charge in [0.15, 0.2) is 5.69 Å². The summed E-state index contributed by atoms with van der Waals surface area (Å²) in [7, 11) is 0. The van der Waals surface area contributed by atoms with Gasteiger partial charge < -0.3 is 4.74 Å². The Morgan fingerprint density at radius 2 is 2.25 bits per heavy atom. The molecule has 1 heterocycles. The number of benzene rings is 1. The van der Waals surface area contributed by atoms with Crippen molar-refractivity contribution in [2.45, 2.75) is 20.4 Å². The first-order valence-electron chi connectivity index (χ1n) is 6.16. The average molecular weight is 297 g/mol. The summed E-state index contributed by atoms with van der Waals surface area (Å²) in [6.45, 7) is 4.00. The number of rotatable bonds is 4. The zero-order valence-electron chi connectivity index (χ0n) is 11.2. The van der Waals surface area contributed by atoms with Gasteiger partial charge in [0.25, 0.3) is 0 Å². The van der Waals surface area contributed by atoms with Gasteiger partial charge in [-0.05, 0) is 26.0 Å². The maximum atomic E-state index is 13.7. The SMILES string of the molecule is CCOC(=O)c1nn(Cc2ccc(Cl)cc2F)cc1C. The fraction of sp³-hybridized carbons (Fsp3) is 0.286. The molecule has 106 valence electrons. The number of aromatic nitrogens is 2. The topological polar surface area (TPSA) is 44.1 Å². The van der Waals surface area contributed by atoms with Crippen molar-refractivity contribution in [2.75, 3.05) is 6.61 Å². The van der Waals surface area contributed by atoms with E-state index in [1.807, 2.05) is 0 Å². The first-order chi connectivity index (χ1) is 9.51. The van der Waals surface area contributed by atoms with Gasteiger partial charge in [0.1, 0.15) is 5.82 Å². The molecule has 6 heteroatoms. The Bertz CT molecular complexity index is 640. The smallest absolute Gasteiger partial charge is 0.359 e. The molecule has 0 aliphatic rings. The number of carbonyl (C=O) groups excluding carboxylic acids is 1. The van der Waals surface area contributed by atoms with Crippen molar-refractivity contribution < 1.29 is 13.9 Å². The van der Waals surface area contributed by atoms with Crippen LogP contribution >= 0.6 is 11.6 Å². The van der Waals surface area contributed by atoms with Crippen LogP contribution in [0.4, 0.5) is 4.39 Å². The van der Waals surface area contributed by atoms with Gasteiger partial charge in [0, 0.05) is 22.3 Å². The summed E-state index contributed by atoms with van der Waals surface area (Å²) in [6, 6.07) is 4.46. The van der Waals surface area contributed by atoms with Gasteiger partial charge in [-0.15, -0.1) is 0 Å². The van der Waals surface area contributed by atoms with Gasteiger partial charge >= 0.3 is 5.97 Å². The largest absolute Gasteiger partial charge is 0.461 e. The van der Waals surface area contributed by atoms with Crippen LogP contribution in [0.5, 0.6) is 0 Å². The number of hydrogen-bond donors (Lipinski definition) is 0. The maximum Gasteiger partial charge on any atom is 0.359 e. The third kappa shape index (κ3) is 3.17. The standard InChI is InChI=1S/C14H14ClFN2O2/c1-3-20-14(19)13-9(2)7-18(17-13)8-10-4-5-11(15)6-12(10)16/h4-7H,3,8H2,1-2H3. The van der Waals surface area contributed by atoms with Crippen LogP contribution in [-0.4, -0.2) is 22.4 Å². The summed E-state index contributed by atoms with van der Waals surface area (Å²) in [4.78, 5) is 11.7. The zero-order valence-corrected chi connectivity index (χ0v) is 11.9. The van der Waals surface area contributed by atoms with Gasteiger partial charge in [-0.1, -0.05) is 17.7 Å². The molecule has 0 atom stereocenters. The van der Waals surface area contributed by atoms with Crippen molar-refractivity contribution in [3.8, 4) is 0 Å². The summed E-state index contributed by atoms with van der Waals surface area (Å²) < 4.78 is 20.1. The molecule has 0 N–H and O–H groups in total. The molecule has 0 aliphatic heterocycles. The van der Waals surface area contributed by atoms with E-state index in [2.05, 4.69) is 5.10 Å². The number of hydrogen-bond acceptors (Lipinski definition) is 3. The number of nitrogens with zero attached hydrogens (tertiary/aromatic N) is 2. The summed E-state index contributed by atoms with van der Waals surface area (Å²) in [5, 5.41) is 4.47. The number of ether oxygens (including phenoxy) is 1. The molecule has 0 radical (unpaired) electrons. The molecule has 2 aromatic rings. The van der Waals surface area contributed by atoms with E-state index in [0.29, 0.717) is 16.1 Å². The molecule has 0 saturated heterocycles. The molecule has 0 aliphatic carbocycles. The Morgan fingerprint density at radius 3 is 2.90 bits per heavy atom. The Hall–Kier alpha value is -1.88. The molecule has 0 unspecified atom stereocenters.